The molecule has 2 atom stereocenters. The monoisotopic (exact) mass is 289 g/mol. The molecule has 116 valence electrons. The van der Waals surface area contributed by atoms with Crippen molar-refractivity contribution in [2.24, 2.45) is 0 Å². The van der Waals surface area contributed by atoms with Gasteiger partial charge in [-0.05, 0) is 56.6 Å². The number of nitrogens with two attached hydrogens (primary N) is 1. The summed E-state index contributed by atoms with van der Waals surface area (Å²) >= 11 is 0. The molecular formula is C17H27N3O. The highest BCUT2D eigenvalue weighted by molar-refractivity contribution is 5.39. The highest BCUT2D eigenvalue weighted by Gasteiger charge is 2.29. The van der Waals surface area contributed by atoms with Crippen LogP contribution in [0.4, 0.5) is 5.69 Å². The van der Waals surface area contributed by atoms with Gasteiger partial charge >= 0.3 is 0 Å². The van der Waals surface area contributed by atoms with Gasteiger partial charge in [-0.1, -0.05) is 18.6 Å². The van der Waals surface area contributed by atoms with E-state index in [0.717, 1.165) is 30.9 Å². The quantitative estimate of drug-likeness (QED) is 0.831. The molecule has 2 unspecified atom stereocenters. The number of anilines is 1. The fourth-order valence-electron chi connectivity index (χ4n) is 3.63. The Morgan fingerprint density at radius 2 is 1.81 bits per heavy atom. The highest BCUT2D eigenvalue weighted by atomic mass is 16.3. The number of benzene rings is 1. The maximum atomic E-state index is 10.4. The molecule has 3 rings (SSSR count). The normalized spacial score (nSPS) is 26.0. The first kappa shape index (κ1) is 14.8. The molecule has 4 nitrogen and oxygen atoms in total. The van der Waals surface area contributed by atoms with Gasteiger partial charge in [0.15, 0.2) is 0 Å². The molecule has 0 radical (unpaired) electrons. The molecule has 2 fully saturated rings. The van der Waals surface area contributed by atoms with Crippen LogP contribution in [0.5, 0.6) is 0 Å². The molecule has 21 heavy (non-hydrogen) atoms. The zero-order chi connectivity index (χ0) is 14.7. The maximum absolute atomic E-state index is 10.4. The second kappa shape index (κ2) is 6.77. The predicted octanol–water partition coefficient (Wildman–Crippen LogP) is 1.86. The number of β-amino-alcohol motifs (C(OH)–C–C–N with tert-alkyl or cyclic N) is 1. The number of nitrogens with zero attached hydrogens (tertiary/aromatic N) is 2. The number of hydrogen-bond acceptors (Lipinski definition) is 4. The van der Waals surface area contributed by atoms with Crippen LogP contribution >= 0.6 is 0 Å². The van der Waals surface area contributed by atoms with Gasteiger partial charge in [0.2, 0.25) is 0 Å². The number of aliphatic hydroxyl groups is 1. The largest absolute Gasteiger partial charge is 0.399 e. The van der Waals surface area contributed by atoms with E-state index in [1.165, 1.54) is 38.8 Å². The molecular weight excluding hydrogens is 262 g/mol. The molecule has 0 spiro atoms. The van der Waals surface area contributed by atoms with Gasteiger partial charge in [-0.15, -0.1) is 0 Å². The summed E-state index contributed by atoms with van der Waals surface area (Å²) in [6.45, 7) is 5.46. The Labute approximate surface area is 127 Å². The fourth-order valence-corrected chi connectivity index (χ4v) is 3.63. The van der Waals surface area contributed by atoms with Gasteiger partial charge in [0.25, 0.3) is 0 Å². The molecule has 0 saturated carbocycles. The van der Waals surface area contributed by atoms with Gasteiger partial charge in [-0.2, -0.15) is 0 Å². The Hall–Kier alpha value is -1.10. The Morgan fingerprint density at radius 1 is 1.10 bits per heavy atom. The van der Waals surface area contributed by atoms with Crippen molar-refractivity contribution in [2.75, 3.05) is 38.5 Å². The summed E-state index contributed by atoms with van der Waals surface area (Å²) in [6.07, 6.45) is 4.93. The first-order valence-electron chi connectivity index (χ1n) is 8.22. The van der Waals surface area contributed by atoms with Crippen molar-refractivity contribution >= 4 is 5.69 Å². The van der Waals surface area contributed by atoms with Crippen LogP contribution in [-0.4, -0.2) is 53.7 Å². The zero-order valence-electron chi connectivity index (χ0n) is 12.7. The first-order valence-corrected chi connectivity index (χ1v) is 8.22. The third kappa shape index (κ3) is 3.76. The number of piperidine rings is 1. The summed E-state index contributed by atoms with van der Waals surface area (Å²) in [5, 5.41) is 10.4. The third-order valence-corrected chi connectivity index (χ3v) is 4.91. The summed E-state index contributed by atoms with van der Waals surface area (Å²) in [6, 6.07) is 8.28. The minimum atomic E-state index is -0.411. The second-order valence-electron chi connectivity index (χ2n) is 6.48. The lowest BCUT2D eigenvalue weighted by atomic mass is 10.1. The van der Waals surface area contributed by atoms with E-state index in [1.54, 1.807) is 0 Å². The Kier molecular flexibility index (Phi) is 4.78. The van der Waals surface area contributed by atoms with Crippen molar-refractivity contribution in [1.29, 1.82) is 0 Å². The van der Waals surface area contributed by atoms with Crippen LogP contribution < -0.4 is 5.73 Å². The van der Waals surface area contributed by atoms with Crippen LogP contribution in [0.15, 0.2) is 24.3 Å². The van der Waals surface area contributed by atoms with E-state index in [2.05, 4.69) is 9.80 Å². The molecule has 2 saturated heterocycles. The molecule has 4 heteroatoms. The van der Waals surface area contributed by atoms with Gasteiger partial charge in [0.05, 0.1) is 6.10 Å². The van der Waals surface area contributed by atoms with Crippen molar-refractivity contribution in [1.82, 2.24) is 9.80 Å². The molecule has 0 aromatic heterocycles. The average molecular weight is 289 g/mol. The van der Waals surface area contributed by atoms with E-state index in [9.17, 15) is 5.11 Å². The fraction of sp³-hybridized carbons (Fsp3) is 0.647. The SMILES string of the molecule is Nc1ccc(C(O)CN2CCC(N3CCCCC3)C2)cc1. The van der Waals surface area contributed by atoms with Gasteiger partial charge in [-0.3, -0.25) is 9.80 Å². The smallest absolute Gasteiger partial charge is 0.0916 e. The van der Waals surface area contributed by atoms with Gasteiger partial charge in [-0.25, -0.2) is 0 Å². The summed E-state index contributed by atoms with van der Waals surface area (Å²) in [7, 11) is 0. The van der Waals surface area contributed by atoms with E-state index in [0.29, 0.717) is 6.04 Å². The van der Waals surface area contributed by atoms with E-state index >= 15 is 0 Å². The van der Waals surface area contributed by atoms with Gasteiger partial charge in [0, 0.05) is 24.8 Å². The maximum Gasteiger partial charge on any atom is 0.0916 e. The van der Waals surface area contributed by atoms with Crippen LogP contribution in [0.3, 0.4) is 0 Å². The van der Waals surface area contributed by atoms with Crippen molar-refractivity contribution in [3.05, 3.63) is 29.8 Å². The van der Waals surface area contributed by atoms with Crippen LogP contribution in [0.25, 0.3) is 0 Å². The molecule has 1 aromatic carbocycles. The van der Waals surface area contributed by atoms with E-state index < -0.39 is 6.10 Å². The summed E-state index contributed by atoms with van der Waals surface area (Å²) in [5.74, 6) is 0. The topological polar surface area (TPSA) is 52.7 Å². The number of likely N-dealkylation sites (tertiary alicyclic amines) is 2. The lowest BCUT2D eigenvalue weighted by Crippen LogP contribution is -2.41. The Morgan fingerprint density at radius 3 is 2.52 bits per heavy atom. The van der Waals surface area contributed by atoms with Crippen LogP contribution in [0, 0.1) is 0 Å². The van der Waals surface area contributed by atoms with Crippen molar-refractivity contribution in [2.45, 2.75) is 37.8 Å². The summed E-state index contributed by atoms with van der Waals surface area (Å²) < 4.78 is 0. The van der Waals surface area contributed by atoms with Crippen molar-refractivity contribution in [3.8, 4) is 0 Å². The number of aliphatic hydroxyl groups excluding tert-OH is 1. The predicted molar refractivity (Wildman–Crippen MR) is 86.1 cm³/mol. The molecule has 1 aromatic rings. The van der Waals surface area contributed by atoms with Gasteiger partial charge in [0.1, 0.15) is 0 Å². The lowest BCUT2D eigenvalue weighted by Gasteiger charge is -2.32. The van der Waals surface area contributed by atoms with E-state index in [4.69, 9.17) is 5.73 Å². The molecule has 0 amide bonds. The second-order valence-corrected chi connectivity index (χ2v) is 6.48. The third-order valence-electron chi connectivity index (χ3n) is 4.91. The number of rotatable bonds is 4. The first-order chi connectivity index (χ1) is 10.2. The standard InChI is InChI=1S/C17H27N3O/c18-15-6-4-14(5-7-15)17(21)13-19-11-8-16(12-19)20-9-2-1-3-10-20/h4-7,16-17,21H,1-3,8-13,18H2. The average Bonchev–Trinajstić information content (AvgIpc) is 2.97. The van der Waals surface area contributed by atoms with Crippen molar-refractivity contribution < 1.29 is 5.11 Å². The molecule has 0 bridgehead atoms. The Balaban J connectivity index is 1.50. The molecule has 0 aliphatic carbocycles. The molecule has 2 aliphatic rings. The van der Waals surface area contributed by atoms with Crippen LogP contribution in [0.1, 0.15) is 37.4 Å². The van der Waals surface area contributed by atoms with Crippen LogP contribution in [-0.2, 0) is 0 Å². The number of hydrogen-bond donors (Lipinski definition) is 2. The van der Waals surface area contributed by atoms with E-state index in [-0.39, 0.29) is 0 Å². The van der Waals surface area contributed by atoms with E-state index in [1.807, 2.05) is 24.3 Å². The Bertz CT molecular complexity index is 442. The van der Waals surface area contributed by atoms with Crippen LogP contribution in [0.2, 0.25) is 0 Å². The van der Waals surface area contributed by atoms with Gasteiger partial charge < -0.3 is 10.8 Å². The minimum absolute atomic E-state index is 0.411. The zero-order valence-corrected chi connectivity index (χ0v) is 12.7. The highest BCUT2D eigenvalue weighted by Crippen LogP contribution is 2.23. The molecule has 2 heterocycles. The lowest BCUT2D eigenvalue weighted by molar-refractivity contribution is 0.114. The van der Waals surface area contributed by atoms with Crippen molar-refractivity contribution in [3.63, 3.8) is 0 Å². The molecule has 2 aliphatic heterocycles. The minimum Gasteiger partial charge on any atom is -0.399 e. The summed E-state index contributed by atoms with van der Waals surface area (Å²) in [5.41, 5.74) is 7.40. The number of nitrogen functional groups attached to an aromatic ring is 1. The summed E-state index contributed by atoms with van der Waals surface area (Å²) in [4.78, 5) is 5.05. The molecule has 3 N–H and O–H groups in total.